The van der Waals surface area contributed by atoms with Crippen LogP contribution in [0.2, 0.25) is 0 Å². The van der Waals surface area contributed by atoms with Crippen LogP contribution in [-0.2, 0) is 20.9 Å². The van der Waals surface area contributed by atoms with Crippen LogP contribution < -0.4 is 4.74 Å². The average Bonchev–Trinajstić information content (AvgIpc) is 3.55. The summed E-state index contributed by atoms with van der Waals surface area (Å²) in [6.45, 7) is 0.162. The van der Waals surface area contributed by atoms with E-state index in [9.17, 15) is 14.0 Å². The molecule has 2 aromatic rings. The molecule has 0 aliphatic heterocycles. The third kappa shape index (κ3) is 5.67. The van der Waals surface area contributed by atoms with E-state index in [4.69, 9.17) is 9.47 Å². The van der Waals surface area contributed by atoms with Gasteiger partial charge in [-0.15, -0.1) is 0 Å². The Balaban J connectivity index is 1.52. The van der Waals surface area contributed by atoms with Gasteiger partial charge in [0, 0.05) is 18.7 Å². The van der Waals surface area contributed by atoms with Gasteiger partial charge in [-0.25, -0.2) is 9.18 Å². The largest absolute Gasteiger partial charge is 0.497 e. The molecule has 0 N–H and O–H groups in total. The second kappa shape index (κ2) is 9.17. The Labute approximate surface area is 163 Å². The molecular weight excluding hydrogens is 361 g/mol. The first-order chi connectivity index (χ1) is 13.5. The summed E-state index contributed by atoms with van der Waals surface area (Å²) in [5.41, 5.74) is 1.66. The molecule has 1 fully saturated rings. The summed E-state index contributed by atoms with van der Waals surface area (Å²) in [6.07, 6.45) is 4.66. The molecule has 1 aliphatic carbocycles. The number of amides is 1. The van der Waals surface area contributed by atoms with Crippen molar-refractivity contribution in [1.29, 1.82) is 0 Å². The van der Waals surface area contributed by atoms with Crippen molar-refractivity contribution in [3.8, 4) is 5.75 Å². The quantitative estimate of drug-likeness (QED) is 0.516. The monoisotopic (exact) mass is 383 g/mol. The van der Waals surface area contributed by atoms with E-state index in [1.54, 1.807) is 24.1 Å². The van der Waals surface area contributed by atoms with E-state index >= 15 is 0 Å². The Morgan fingerprint density at radius 1 is 1.11 bits per heavy atom. The number of rotatable bonds is 8. The Hall–Kier alpha value is -3.15. The molecule has 1 aliphatic rings. The minimum atomic E-state index is -0.613. The van der Waals surface area contributed by atoms with Gasteiger partial charge in [-0.2, -0.15) is 0 Å². The number of nitrogens with zero attached hydrogens (tertiary/aromatic N) is 1. The van der Waals surface area contributed by atoms with Gasteiger partial charge in [-0.1, -0.05) is 24.3 Å². The van der Waals surface area contributed by atoms with Crippen molar-refractivity contribution in [2.45, 2.75) is 25.4 Å². The zero-order chi connectivity index (χ0) is 19.9. The van der Waals surface area contributed by atoms with Gasteiger partial charge in [-0.05, 0) is 54.3 Å². The number of hydrogen-bond donors (Lipinski definition) is 0. The van der Waals surface area contributed by atoms with Crippen LogP contribution >= 0.6 is 0 Å². The number of ether oxygens (including phenoxy) is 2. The third-order valence-corrected chi connectivity index (χ3v) is 4.44. The van der Waals surface area contributed by atoms with Crippen molar-refractivity contribution >= 4 is 18.0 Å². The van der Waals surface area contributed by atoms with Crippen LogP contribution in [0.3, 0.4) is 0 Å². The highest BCUT2D eigenvalue weighted by Crippen LogP contribution is 2.28. The minimum Gasteiger partial charge on any atom is -0.497 e. The molecule has 0 saturated heterocycles. The van der Waals surface area contributed by atoms with E-state index in [1.807, 2.05) is 24.3 Å². The summed E-state index contributed by atoms with van der Waals surface area (Å²) in [4.78, 5) is 26.1. The lowest BCUT2D eigenvalue weighted by atomic mass is 10.2. The standard InChI is InChI=1S/C22H22FNO4/c1-27-20-11-4-17(5-12-20)14-24(19-9-10-19)21(25)15-28-22(26)13-6-16-2-7-18(23)8-3-16/h2-8,11-13,19H,9-10,14-15H2,1H3/b13-6+. The number of carbonyl (C=O) groups is 2. The van der Waals surface area contributed by atoms with Crippen LogP contribution in [0.4, 0.5) is 4.39 Å². The third-order valence-electron chi connectivity index (χ3n) is 4.44. The van der Waals surface area contributed by atoms with Crippen molar-refractivity contribution in [3.63, 3.8) is 0 Å². The van der Waals surface area contributed by atoms with Crippen LogP contribution in [0.5, 0.6) is 5.75 Å². The molecule has 5 nitrogen and oxygen atoms in total. The topological polar surface area (TPSA) is 55.8 Å². The van der Waals surface area contributed by atoms with Gasteiger partial charge in [0.25, 0.3) is 5.91 Å². The lowest BCUT2D eigenvalue weighted by Crippen LogP contribution is -2.35. The number of hydrogen-bond acceptors (Lipinski definition) is 4. The number of halogens is 1. The van der Waals surface area contributed by atoms with Crippen LogP contribution in [0, 0.1) is 5.82 Å². The van der Waals surface area contributed by atoms with Crippen molar-refractivity contribution in [1.82, 2.24) is 4.90 Å². The molecule has 146 valence electrons. The maximum Gasteiger partial charge on any atom is 0.331 e. The molecule has 0 aromatic heterocycles. The van der Waals surface area contributed by atoms with Crippen LogP contribution in [-0.4, -0.2) is 36.5 Å². The van der Waals surface area contributed by atoms with Crippen molar-refractivity contribution in [2.24, 2.45) is 0 Å². The second-order valence-corrected chi connectivity index (χ2v) is 6.59. The van der Waals surface area contributed by atoms with Gasteiger partial charge in [-0.3, -0.25) is 4.79 Å². The van der Waals surface area contributed by atoms with Crippen LogP contribution in [0.15, 0.2) is 54.6 Å². The zero-order valence-corrected chi connectivity index (χ0v) is 15.6. The minimum absolute atomic E-state index is 0.197. The number of benzene rings is 2. The fourth-order valence-corrected chi connectivity index (χ4v) is 2.74. The smallest absolute Gasteiger partial charge is 0.331 e. The highest BCUT2D eigenvalue weighted by atomic mass is 19.1. The predicted octanol–water partition coefficient (Wildman–Crippen LogP) is 3.58. The van der Waals surface area contributed by atoms with Gasteiger partial charge in [0.15, 0.2) is 6.61 Å². The van der Waals surface area contributed by atoms with Gasteiger partial charge in [0.2, 0.25) is 0 Å². The molecule has 2 aromatic carbocycles. The normalized spacial score (nSPS) is 13.4. The fourth-order valence-electron chi connectivity index (χ4n) is 2.74. The molecular formula is C22H22FNO4. The summed E-state index contributed by atoms with van der Waals surface area (Å²) in [5.74, 6) is -0.419. The highest BCUT2D eigenvalue weighted by molar-refractivity contribution is 5.89. The first-order valence-corrected chi connectivity index (χ1v) is 9.08. The molecule has 0 radical (unpaired) electrons. The Bertz CT molecular complexity index is 842. The molecule has 3 rings (SSSR count). The maximum atomic E-state index is 12.9. The number of esters is 1. The molecule has 0 spiro atoms. The number of methoxy groups -OCH3 is 1. The SMILES string of the molecule is COc1ccc(CN(C(=O)COC(=O)/C=C/c2ccc(F)cc2)C2CC2)cc1. The van der Waals surface area contributed by atoms with Gasteiger partial charge >= 0.3 is 5.97 Å². The Kier molecular flexibility index (Phi) is 6.42. The van der Waals surface area contributed by atoms with Crippen LogP contribution in [0.1, 0.15) is 24.0 Å². The fraction of sp³-hybridized carbons (Fsp3) is 0.273. The second-order valence-electron chi connectivity index (χ2n) is 6.59. The average molecular weight is 383 g/mol. The van der Waals surface area contributed by atoms with E-state index in [-0.39, 0.29) is 24.4 Å². The molecule has 0 bridgehead atoms. The molecule has 1 amide bonds. The van der Waals surface area contributed by atoms with Crippen molar-refractivity contribution in [2.75, 3.05) is 13.7 Å². The number of carbonyl (C=O) groups excluding carboxylic acids is 2. The van der Waals surface area contributed by atoms with E-state index in [0.717, 1.165) is 24.2 Å². The summed E-state index contributed by atoms with van der Waals surface area (Å²) in [6, 6.07) is 13.4. The van der Waals surface area contributed by atoms with E-state index < -0.39 is 5.97 Å². The Morgan fingerprint density at radius 2 is 1.79 bits per heavy atom. The van der Waals surface area contributed by atoms with Crippen molar-refractivity contribution in [3.05, 3.63) is 71.6 Å². The first-order valence-electron chi connectivity index (χ1n) is 9.08. The lowest BCUT2D eigenvalue weighted by Gasteiger charge is -2.22. The molecule has 1 saturated carbocycles. The van der Waals surface area contributed by atoms with Crippen molar-refractivity contribution < 1.29 is 23.5 Å². The first kappa shape index (κ1) is 19.6. The van der Waals surface area contributed by atoms with Gasteiger partial charge in [0.1, 0.15) is 11.6 Å². The molecule has 6 heteroatoms. The van der Waals surface area contributed by atoms with E-state index in [0.29, 0.717) is 12.1 Å². The van der Waals surface area contributed by atoms with Gasteiger partial charge in [0.05, 0.1) is 7.11 Å². The van der Waals surface area contributed by atoms with E-state index in [2.05, 4.69) is 0 Å². The Morgan fingerprint density at radius 3 is 2.39 bits per heavy atom. The van der Waals surface area contributed by atoms with Crippen LogP contribution in [0.25, 0.3) is 6.08 Å². The maximum absolute atomic E-state index is 12.9. The zero-order valence-electron chi connectivity index (χ0n) is 15.6. The lowest BCUT2D eigenvalue weighted by molar-refractivity contribution is -0.148. The summed E-state index contributed by atoms with van der Waals surface area (Å²) in [7, 11) is 1.61. The summed E-state index contributed by atoms with van der Waals surface area (Å²) in [5, 5.41) is 0. The highest BCUT2D eigenvalue weighted by Gasteiger charge is 2.32. The summed E-state index contributed by atoms with van der Waals surface area (Å²) >= 11 is 0. The molecule has 0 atom stereocenters. The molecule has 28 heavy (non-hydrogen) atoms. The summed E-state index contributed by atoms with van der Waals surface area (Å²) < 4.78 is 23.1. The molecule has 0 unspecified atom stereocenters. The molecule has 0 heterocycles. The van der Waals surface area contributed by atoms with Gasteiger partial charge < -0.3 is 14.4 Å². The predicted molar refractivity (Wildman–Crippen MR) is 103 cm³/mol. The van der Waals surface area contributed by atoms with E-state index in [1.165, 1.54) is 24.3 Å².